The highest BCUT2D eigenvalue weighted by Gasteiger charge is 2.30. The number of carbonyl (C=O) groups is 1. The Labute approximate surface area is 132 Å². The second-order valence-corrected chi connectivity index (χ2v) is 7.75. The van der Waals surface area contributed by atoms with Gasteiger partial charge in [0.15, 0.2) is 0 Å². The number of carbonyl (C=O) groups excluding carboxylic acids is 1. The Balaban J connectivity index is 2.24. The van der Waals surface area contributed by atoms with Crippen LogP contribution in [0.2, 0.25) is 0 Å². The van der Waals surface area contributed by atoms with Gasteiger partial charge in [0.2, 0.25) is 10.0 Å². The summed E-state index contributed by atoms with van der Waals surface area (Å²) >= 11 is 3.11. The van der Waals surface area contributed by atoms with Gasteiger partial charge in [-0.25, -0.2) is 13.6 Å². The molecular weight excluding hydrogens is 360 g/mol. The molecule has 1 aromatic carbocycles. The van der Waals surface area contributed by atoms with Crippen LogP contribution in [0.3, 0.4) is 0 Å². The number of benzene rings is 1. The van der Waals surface area contributed by atoms with E-state index in [4.69, 9.17) is 9.88 Å². The Morgan fingerprint density at radius 1 is 1.48 bits per heavy atom. The number of hydrogen-bond acceptors (Lipinski definition) is 4. The van der Waals surface area contributed by atoms with Crippen LogP contribution in [0.15, 0.2) is 27.6 Å². The van der Waals surface area contributed by atoms with Crippen molar-refractivity contribution in [3.63, 3.8) is 0 Å². The van der Waals surface area contributed by atoms with E-state index in [0.29, 0.717) is 17.7 Å². The van der Waals surface area contributed by atoms with Crippen LogP contribution in [0.4, 0.5) is 0 Å². The topological polar surface area (TPSA) is 98.5 Å². The first-order chi connectivity index (χ1) is 9.71. The maximum atomic E-state index is 12.3. The Kier molecular flexibility index (Phi) is 4.72. The van der Waals surface area contributed by atoms with Crippen molar-refractivity contribution in [2.24, 2.45) is 5.14 Å². The fourth-order valence-electron chi connectivity index (χ4n) is 2.24. The number of halogens is 1. The summed E-state index contributed by atoms with van der Waals surface area (Å²) in [6, 6.07) is 4.30. The van der Waals surface area contributed by atoms with Crippen molar-refractivity contribution in [1.82, 2.24) is 5.32 Å². The van der Waals surface area contributed by atoms with Crippen LogP contribution in [0.25, 0.3) is 0 Å². The van der Waals surface area contributed by atoms with Gasteiger partial charge in [-0.3, -0.25) is 4.79 Å². The van der Waals surface area contributed by atoms with E-state index in [9.17, 15) is 13.2 Å². The predicted octanol–water partition coefficient (Wildman–Crippen LogP) is 1.40. The maximum absolute atomic E-state index is 12.3. The standard InChI is InChI=1S/C13H17BrN2O4S/c1-13(5-2-6-20-8-13)16-12(17)9-3-4-10(14)11(7-9)21(15,18)19/h3-4,7H,2,5-6,8H2,1H3,(H,16,17)(H2,15,18,19). The Bertz CT molecular complexity index is 654. The minimum atomic E-state index is -3.89. The van der Waals surface area contributed by atoms with Gasteiger partial charge in [-0.2, -0.15) is 0 Å². The summed E-state index contributed by atoms with van der Waals surface area (Å²) in [5.41, 5.74) is -0.196. The minimum absolute atomic E-state index is 0.111. The molecule has 21 heavy (non-hydrogen) atoms. The van der Waals surface area contributed by atoms with Gasteiger partial charge in [-0.15, -0.1) is 0 Å². The summed E-state index contributed by atoms with van der Waals surface area (Å²) in [7, 11) is -3.89. The molecule has 1 aliphatic heterocycles. The molecule has 1 heterocycles. The number of primary sulfonamides is 1. The largest absolute Gasteiger partial charge is 0.379 e. The van der Waals surface area contributed by atoms with E-state index in [1.165, 1.54) is 12.1 Å². The molecule has 0 radical (unpaired) electrons. The van der Waals surface area contributed by atoms with E-state index in [0.717, 1.165) is 12.8 Å². The third-order valence-corrected chi connectivity index (χ3v) is 5.26. The number of nitrogens with two attached hydrogens (primary N) is 1. The van der Waals surface area contributed by atoms with Crippen molar-refractivity contribution in [3.8, 4) is 0 Å². The van der Waals surface area contributed by atoms with Crippen LogP contribution in [0.1, 0.15) is 30.1 Å². The molecule has 1 aromatic rings. The second kappa shape index (κ2) is 6.04. The fraction of sp³-hybridized carbons (Fsp3) is 0.462. The SMILES string of the molecule is CC1(NC(=O)c2ccc(Br)c(S(N)(=O)=O)c2)CCCOC1. The highest BCUT2D eigenvalue weighted by atomic mass is 79.9. The van der Waals surface area contributed by atoms with Crippen molar-refractivity contribution < 1.29 is 17.9 Å². The van der Waals surface area contributed by atoms with Crippen LogP contribution < -0.4 is 10.5 Å². The molecule has 1 fully saturated rings. The summed E-state index contributed by atoms with van der Waals surface area (Å²) < 4.78 is 28.7. The molecule has 1 saturated heterocycles. The zero-order chi connectivity index (χ0) is 15.7. The molecular formula is C13H17BrN2O4S. The van der Waals surface area contributed by atoms with Crippen molar-refractivity contribution in [2.45, 2.75) is 30.2 Å². The highest BCUT2D eigenvalue weighted by Crippen LogP contribution is 2.23. The van der Waals surface area contributed by atoms with Gasteiger partial charge < -0.3 is 10.1 Å². The van der Waals surface area contributed by atoms with Crippen LogP contribution in [0, 0.1) is 0 Å². The monoisotopic (exact) mass is 376 g/mol. The molecule has 8 heteroatoms. The van der Waals surface area contributed by atoms with Crippen molar-refractivity contribution in [3.05, 3.63) is 28.2 Å². The van der Waals surface area contributed by atoms with E-state index >= 15 is 0 Å². The van der Waals surface area contributed by atoms with Gasteiger partial charge in [0.25, 0.3) is 5.91 Å². The number of hydrogen-bond donors (Lipinski definition) is 2. The van der Waals surface area contributed by atoms with Crippen LogP contribution in [-0.4, -0.2) is 33.1 Å². The molecule has 0 aromatic heterocycles. The lowest BCUT2D eigenvalue weighted by molar-refractivity contribution is 0.0272. The van der Waals surface area contributed by atoms with Crippen molar-refractivity contribution >= 4 is 31.9 Å². The van der Waals surface area contributed by atoms with Crippen molar-refractivity contribution in [2.75, 3.05) is 13.2 Å². The van der Waals surface area contributed by atoms with Gasteiger partial charge in [0, 0.05) is 16.6 Å². The summed E-state index contributed by atoms with van der Waals surface area (Å²) in [5, 5.41) is 8.02. The van der Waals surface area contributed by atoms with Crippen LogP contribution >= 0.6 is 15.9 Å². The predicted molar refractivity (Wildman–Crippen MR) is 81.4 cm³/mol. The van der Waals surface area contributed by atoms with Gasteiger partial charge >= 0.3 is 0 Å². The van der Waals surface area contributed by atoms with Gasteiger partial charge in [0.05, 0.1) is 17.0 Å². The van der Waals surface area contributed by atoms with Crippen LogP contribution in [0.5, 0.6) is 0 Å². The Morgan fingerprint density at radius 2 is 2.19 bits per heavy atom. The summed E-state index contributed by atoms with van der Waals surface area (Å²) in [5.74, 6) is -0.347. The van der Waals surface area contributed by atoms with Gasteiger partial charge in [0.1, 0.15) is 0 Å². The van der Waals surface area contributed by atoms with E-state index < -0.39 is 15.6 Å². The first-order valence-electron chi connectivity index (χ1n) is 6.44. The number of nitrogens with one attached hydrogen (secondary N) is 1. The van der Waals surface area contributed by atoms with E-state index in [-0.39, 0.29) is 16.4 Å². The minimum Gasteiger partial charge on any atom is -0.379 e. The van der Waals surface area contributed by atoms with Gasteiger partial charge in [-0.05, 0) is 53.9 Å². The van der Waals surface area contributed by atoms with Gasteiger partial charge in [-0.1, -0.05) is 0 Å². The first-order valence-corrected chi connectivity index (χ1v) is 8.78. The molecule has 1 atom stereocenters. The maximum Gasteiger partial charge on any atom is 0.251 e. The number of rotatable bonds is 3. The molecule has 1 amide bonds. The second-order valence-electron chi connectivity index (χ2n) is 5.36. The summed E-state index contributed by atoms with van der Waals surface area (Å²) in [6.45, 7) is 3.04. The third kappa shape index (κ3) is 4.03. The molecule has 0 saturated carbocycles. The van der Waals surface area contributed by atoms with E-state index in [1.54, 1.807) is 6.07 Å². The lowest BCUT2D eigenvalue weighted by Crippen LogP contribution is -2.51. The van der Waals surface area contributed by atoms with E-state index in [2.05, 4.69) is 21.2 Å². The fourth-order valence-corrected chi connectivity index (χ4v) is 3.80. The Hall–Kier alpha value is -0.960. The zero-order valence-corrected chi connectivity index (χ0v) is 14.0. The van der Waals surface area contributed by atoms with Crippen molar-refractivity contribution in [1.29, 1.82) is 0 Å². The Morgan fingerprint density at radius 3 is 2.76 bits per heavy atom. The molecule has 0 aliphatic carbocycles. The van der Waals surface area contributed by atoms with E-state index in [1.807, 2.05) is 6.92 Å². The molecule has 1 unspecified atom stereocenters. The molecule has 0 bridgehead atoms. The highest BCUT2D eigenvalue weighted by molar-refractivity contribution is 9.10. The molecule has 2 rings (SSSR count). The molecule has 116 valence electrons. The lowest BCUT2D eigenvalue weighted by Gasteiger charge is -2.34. The van der Waals surface area contributed by atoms with Crippen LogP contribution in [-0.2, 0) is 14.8 Å². The summed E-state index contributed by atoms with van der Waals surface area (Å²) in [6.07, 6.45) is 1.69. The first kappa shape index (κ1) is 16.4. The molecule has 1 aliphatic rings. The quantitative estimate of drug-likeness (QED) is 0.832. The zero-order valence-electron chi connectivity index (χ0n) is 11.6. The number of sulfonamides is 1. The number of amides is 1. The lowest BCUT2D eigenvalue weighted by atomic mass is 9.94. The normalized spacial score (nSPS) is 22.8. The molecule has 0 spiro atoms. The smallest absolute Gasteiger partial charge is 0.251 e. The summed E-state index contributed by atoms with van der Waals surface area (Å²) in [4.78, 5) is 12.2. The average Bonchev–Trinajstić information content (AvgIpc) is 2.38. The molecule has 3 N–H and O–H groups in total. The number of ether oxygens (including phenoxy) is 1. The third-order valence-electron chi connectivity index (χ3n) is 3.35. The molecule has 6 nitrogen and oxygen atoms in total. The average molecular weight is 377 g/mol.